The molecule has 3 heteroatoms. The van der Waals surface area contributed by atoms with Crippen LogP contribution in [0.5, 0.6) is 0 Å². The van der Waals surface area contributed by atoms with Crippen LogP contribution in [0.25, 0.3) is 0 Å². The highest BCUT2D eigenvalue weighted by Crippen LogP contribution is 2.06. The molecule has 1 rings (SSSR count). The zero-order valence-electron chi connectivity index (χ0n) is 8.04. The Bertz CT molecular complexity index is 350. The minimum absolute atomic E-state index is 0.713. The van der Waals surface area contributed by atoms with Crippen molar-refractivity contribution in [3.63, 3.8) is 0 Å². The average Bonchev–Trinajstić information content (AvgIpc) is 2.10. The van der Waals surface area contributed by atoms with Crippen LogP contribution in [0.2, 0.25) is 0 Å². The van der Waals surface area contributed by atoms with Crippen LogP contribution in [0.3, 0.4) is 0 Å². The highest BCUT2D eigenvalue weighted by molar-refractivity contribution is 5.34. The van der Waals surface area contributed by atoms with Crippen molar-refractivity contribution in [3.8, 4) is 6.07 Å². The molecule has 3 nitrogen and oxygen atoms in total. The first-order valence-electron chi connectivity index (χ1n) is 4.39. The maximum Gasteiger partial charge on any atom is 0.212 e. The third-order valence-electron chi connectivity index (χ3n) is 2.03. The van der Waals surface area contributed by atoms with Crippen LogP contribution in [0.1, 0.15) is 30.2 Å². The Morgan fingerprint density at radius 3 is 2.85 bits per heavy atom. The summed E-state index contributed by atoms with van der Waals surface area (Å²) in [6.07, 6.45) is 3.74. The van der Waals surface area contributed by atoms with Gasteiger partial charge in [0.2, 0.25) is 11.9 Å². The molecule has 0 saturated heterocycles. The van der Waals surface area contributed by atoms with Gasteiger partial charge in [-0.3, -0.25) is 0 Å². The second kappa shape index (κ2) is 3.90. The topological polar surface area (TPSA) is 53.7 Å². The number of aromatic nitrogens is 1. The van der Waals surface area contributed by atoms with Gasteiger partial charge < -0.3 is 0 Å². The number of pyridine rings is 1. The van der Waals surface area contributed by atoms with Gasteiger partial charge in [0.05, 0.1) is 11.6 Å². The van der Waals surface area contributed by atoms with E-state index < -0.39 is 0 Å². The van der Waals surface area contributed by atoms with Crippen LogP contribution in [0, 0.1) is 18.3 Å². The van der Waals surface area contributed by atoms with E-state index in [2.05, 4.69) is 13.0 Å². The minimum Gasteiger partial charge on any atom is -0.205 e. The molecule has 1 aromatic heterocycles. The lowest BCUT2D eigenvalue weighted by molar-refractivity contribution is -0.647. The van der Waals surface area contributed by atoms with Gasteiger partial charge in [-0.15, -0.1) is 0 Å². The molecule has 0 bridgehead atoms. The average molecular weight is 176 g/mol. The third kappa shape index (κ3) is 1.97. The van der Waals surface area contributed by atoms with Gasteiger partial charge in [-0.25, -0.2) is 5.84 Å². The van der Waals surface area contributed by atoms with Crippen molar-refractivity contribution in [3.05, 3.63) is 29.1 Å². The fourth-order valence-electron chi connectivity index (χ4n) is 1.29. The van der Waals surface area contributed by atoms with E-state index in [-0.39, 0.29) is 0 Å². The van der Waals surface area contributed by atoms with Crippen molar-refractivity contribution in [2.45, 2.75) is 26.7 Å². The van der Waals surface area contributed by atoms with Gasteiger partial charge in [-0.05, 0) is 13.3 Å². The summed E-state index contributed by atoms with van der Waals surface area (Å²) in [5, 5.41) is 8.80. The first kappa shape index (κ1) is 9.53. The first-order valence-corrected chi connectivity index (χ1v) is 4.39. The third-order valence-corrected chi connectivity index (χ3v) is 2.03. The molecule has 0 saturated carbocycles. The van der Waals surface area contributed by atoms with Crippen LogP contribution >= 0.6 is 0 Å². The zero-order valence-corrected chi connectivity index (χ0v) is 8.04. The van der Waals surface area contributed by atoms with E-state index in [0.29, 0.717) is 5.56 Å². The molecule has 1 aromatic rings. The molecule has 68 valence electrons. The number of hydrogen-bond acceptors (Lipinski definition) is 2. The zero-order chi connectivity index (χ0) is 9.84. The second-order valence-electron chi connectivity index (χ2n) is 3.13. The Hall–Kier alpha value is -1.56. The van der Waals surface area contributed by atoms with Crippen LogP contribution in [-0.2, 0) is 6.42 Å². The lowest BCUT2D eigenvalue weighted by Crippen LogP contribution is -2.48. The van der Waals surface area contributed by atoms with Gasteiger partial charge in [0.25, 0.3) is 0 Å². The van der Waals surface area contributed by atoms with Crippen molar-refractivity contribution < 1.29 is 4.68 Å². The number of rotatable bonds is 2. The molecule has 0 aromatic carbocycles. The van der Waals surface area contributed by atoms with E-state index in [0.717, 1.165) is 24.1 Å². The molecule has 0 amide bonds. The molecule has 13 heavy (non-hydrogen) atoms. The molecule has 0 unspecified atom stereocenters. The van der Waals surface area contributed by atoms with Gasteiger partial charge in [0.1, 0.15) is 0 Å². The minimum atomic E-state index is 0.713. The Balaban J connectivity index is 3.16. The molecule has 0 aliphatic heterocycles. The van der Waals surface area contributed by atoms with Crippen molar-refractivity contribution >= 4 is 0 Å². The number of hydrogen-bond donors (Lipinski definition) is 1. The summed E-state index contributed by atoms with van der Waals surface area (Å²) in [5.41, 5.74) is 2.64. The Morgan fingerprint density at radius 2 is 2.31 bits per heavy atom. The molecule has 2 N–H and O–H groups in total. The molecular formula is C10H14N3+. The standard InChI is InChI=1S/C10H14N3/c1-3-4-10-5-9(6-11)8(2)7-13(10)12/h5,7H,3-4,12H2,1-2H3/q+1. The fourth-order valence-corrected chi connectivity index (χ4v) is 1.29. The van der Waals surface area contributed by atoms with E-state index in [1.807, 2.05) is 13.0 Å². The number of aryl methyl sites for hydroxylation is 2. The lowest BCUT2D eigenvalue weighted by atomic mass is 10.1. The van der Waals surface area contributed by atoms with E-state index in [1.165, 1.54) is 0 Å². The molecule has 0 aliphatic rings. The van der Waals surface area contributed by atoms with Gasteiger partial charge in [-0.2, -0.15) is 5.26 Å². The maximum absolute atomic E-state index is 8.80. The quantitative estimate of drug-likeness (QED) is 0.535. The van der Waals surface area contributed by atoms with E-state index in [1.54, 1.807) is 10.9 Å². The predicted octanol–water partition coefficient (Wildman–Crippen LogP) is 0.821. The monoisotopic (exact) mass is 176 g/mol. The lowest BCUT2D eigenvalue weighted by Gasteiger charge is -1.99. The largest absolute Gasteiger partial charge is 0.212 e. The van der Waals surface area contributed by atoms with Crippen LogP contribution < -0.4 is 10.5 Å². The molecule has 0 atom stereocenters. The van der Waals surface area contributed by atoms with Crippen molar-refractivity contribution in [1.29, 1.82) is 5.26 Å². The summed E-state index contributed by atoms with van der Waals surface area (Å²) in [4.78, 5) is 0. The molecule has 0 fully saturated rings. The molecular weight excluding hydrogens is 162 g/mol. The van der Waals surface area contributed by atoms with E-state index in [4.69, 9.17) is 11.1 Å². The van der Waals surface area contributed by atoms with Crippen LogP contribution in [-0.4, -0.2) is 0 Å². The number of nitriles is 1. The predicted molar refractivity (Wildman–Crippen MR) is 50.2 cm³/mol. The molecule has 1 heterocycles. The molecule has 0 spiro atoms. The van der Waals surface area contributed by atoms with Crippen molar-refractivity contribution in [2.75, 3.05) is 5.84 Å². The molecule has 0 radical (unpaired) electrons. The Kier molecular flexibility index (Phi) is 2.86. The van der Waals surface area contributed by atoms with Gasteiger partial charge in [0, 0.05) is 18.1 Å². The van der Waals surface area contributed by atoms with Crippen LogP contribution in [0.4, 0.5) is 0 Å². The Morgan fingerprint density at radius 1 is 1.62 bits per heavy atom. The SMILES string of the molecule is CCCc1cc(C#N)c(C)c[n+]1N. The van der Waals surface area contributed by atoms with Gasteiger partial charge in [0.15, 0.2) is 0 Å². The summed E-state index contributed by atoms with van der Waals surface area (Å²) in [7, 11) is 0. The van der Waals surface area contributed by atoms with Crippen molar-refractivity contribution in [1.82, 2.24) is 0 Å². The number of nitrogen functional groups attached to an aromatic ring is 1. The maximum atomic E-state index is 8.80. The van der Waals surface area contributed by atoms with E-state index >= 15 is 0 Å². The first-order chi connectivity index (χ1) is 6.19. The van der Waals surface area contributed by atoms with E-state index in [9.17, 15) is 0 Å². The highest BCUT2D eigenvalue weighted by atomic mass is 15.3. The normalized spacial score (nSPS) is 9.62. The number of nitrogens with two attached hydrogens (primary N) is 1. The summed E-state index contributed by atoms with van der Waals surface area (Å²) in [5.74, 6) is 5.74. The Labute approximate surface area is 78.4 Å². The van der Waals surface area contributed by atoms with Crippen molar-refractivity contribution in [2.24, 2.45) is 0 Å². The molecule has 0 aliphatic carbocycles. The smallest absolute Gasteiger partial charge is 0.205 e. The summed E-state index contributed by atoms with van der Waals surface area (Å²) in [6.45, 7) is 3.98. The van der Waals surface area contributed by atoms with Gasteiger partial charge >= 0.3 is 0 Å². The fraction of sp³-hybridized carbons (Fsp3) is 0.400. The summed E-state index contributed by atoms with van der Waals surface area (Å²) in [6, 6.07) is 4.01. The number of nitrogens with zero attached hydrogens (tertiary/aromatic N) is 2. The summed E-state index contributed by atoms with van der Waals surface area (Å²) >= 11 is 0. The summed E-state index contributed by atoms with van der Waals surface area (Å²) < 4.78 is 1.60. The highest BCUT2D eigenvalue weighted by Gasteiger charge is 2.10. The van der Waals surface area contributed by atoms with Gasteiger partial charge in [-0.1, -0.05) is 11.6 Å². The second-order valence-corrected chi connectivity index (χ2v) is 3.13. The van der Waals surface area contributed by atoms with Crippen LogP contribution in [0.15, 0.2) is 12.3 Å².